The SMILES string of the molecule is CCC1CCCCC1NC(=O)c1cc(O)ccc1Cl. The van der Waals surface area contributed by atoms with Crippen molar-refractivity contribution in [2.24, 2.45) is 5.92 Å². The standard InChI is InChI=1S/C15H20ClNO2/c1-2-10-5-3-4-6-14(10)17-15(19)12-9-11(18)7-8-13(12)16/h7-10,14,18H,2-6H2,1H3,(H,17,19). The maximum absolute atomic E-state index is 12.2. The molecule has 0 heterocycles. The van der Waals surface area contributed by atoms with E-state index in [1.807, 2.05) is 0 Å². The van der Waals surface area contributed by atoms with Gasteiger partial charge in [-0.1, -0.05) is 37.8 Å². The van der Waals surface area contributed by atoms with E-state index in [0.717, 1.165) is 19.3 Å². The highest BCUT2D eigenvalue weighted by Crippen LogP contribution is 2.28. The van der Waals surface area contributed by atoms with E-state index in [4.69, 9.17) is 11.6 Å². The number of phenols is 1. The smallest absolute Gasteiger partial charge is 0.253 e. The molecule has 1 fully saturated rings. The minimum atomic E-state index is -0.189. The topological polar surface area (TPSA) is 49.3 Å². The molecule has 1 aliphatic carbocycles. The molecule has 0 spiro atoms. The number of phenolic OH excluding ortho intramolecular Hbond substituents is 1. The maximum Gasteiger partial charge on any atom is 0.253 e. The van der Waals surface area contributed by atoms with Gasteiger partial charge in [-0.05, 0) is 37.0 Å². The van der Waals surface area contributed by atoms with Crippen molar-refractivity contribution >= 4 is 17.5 Å². The molecule has 19 heavy (non-hydrogen) atoms. The van der Waals surface area contributed by atoms with Gasteiger partial charge in [0, 0.05) is 6.04 Å². The second-order valence-electron chi connectivity index (χ2n) is 5.20. The second kappa shape index (κ2) is 6.29. The van der Waals surface area contributed by atoms with E-state index in [-0.39, 0.29) is 17.7 Å². The van der Waals surface area contributed by atoms with E-state index in [0.29, 0.717) is 16.5 Å². The zero-order valence-corrected chi connectivity index (χ0v) is 11.9. The zero-order valence-electron chi connectivity index (χ0n) is 11.2. The van der Waals surface area contributed by atoms with Crippen LogP contribution in [-0.2, 0) is 0 Å². The molecule has 1 aliphatic rings. The van der Waals surface area contributed by atoms with Crippen molar-refractivity contribution in [3.8, 4) is 5.75 Å². The van der Waals surface area contributed by atoms with Gasteiger partial charge in [0.25, 0.3) is 5.91 Å². The monoisotopic (exact) mass is 281 g/mol. The van der Waals surface area contributed by atoms with Crippen LogP contribution in [-0.4, -0.2) is 17.1 Å². The number of carbonyl (C=O) groups excluding carboxylic acids is 1. The van der Waals surface area contributed by atoms with Gasteiger partial charge in [0.1, 0.15) is 5.75 Å². The molecular formula is C15H20ClNO2. The quantitative estimate of drug-likeness (QED) is 0.887. The lowest BCUT2D eigenvalue weighted by Crippen LogP contribution is -2.42. The fourth-order valence-corrected chi connectivity index (χ4v) is 3.02. The summed E-state index contributed by atoms with van der Waals surface area (Å²) < 4.78 is 0. The summed E-state index contributed by atoms with van der Waals surface area (Å²) in [6.07, 6.45) is 5.70. The minimum Gasteiger partial charge on any atom is -0.508 e. The summed E-state index contributed by atoms with van der Waals surface area (Å²) in [7, 11) is 0. The van der Waals surface area contributed by atoms with Gasteiger partial charge in [-0.3, -0.25) is 4.79 Å². The van der Waals surface area contributed by atoms with E-state index in [9.17, 15) is 9.90 Å². The molecule has 104 valence electrons. The van der Waals surface area contributed by atoms with Crippen LogP contribution in [0.4, 0.5) is 0 Å². The van der Waals surface area contributed by atoms with Crippen molar-refractivity contribution in [2.75, 3.05) is 0 Å². The molecule has 0 saturated heterocycles. The third-order valence-corrected chi connectivity index (χ3v) is 4.27. The van der Waals surface area contributed by atoms with Crippen LogP contribution < -0.4 is 5.32 Å². The lowest BCUT2D eigenvalue weighted by Gasteiger charge is -2.31. The zero-order chi connectivity index (χ0) is 13.8. The van der Waals surface area contributed by atoms with Crippen LogP contribution in [0.2, 0.25) is 5.02 Å². The number of hydrogen-bond donors (Lipinski definition) is 2. The number of aromatic hydroxyl groups is 1. The number of carbonyl (C=O) groups is 1. The van der Waals surface area contributed by atoms with Crippen molar-refractivity contribution < 1.29 is 9.90 Å². The molecule has 0 radical (unpaired) electrons. The first-order valence-corrected chi connectivity index (χ1v) is 7.29. The van der Waals surface area contributed by atoms with Crippen molar-refractivity contribution in [1.29, 1.82) is 0 Å². The third-order valence-electron chi connectivity index (χ3n) is 3.94. The highest BCUT2D eigenvalue weighted by molar-refractivity contribution is 6.33. The number of hydrogen-bond acceptors (Lipinski definition) is 2. The van der Waals surface area contributed by atoms with Crippen molar-refractivity contribution in [3.05, 3.63) is 28.8 Å². The van der Waals surface area contributed by atoms with Gasteiger partial charge in [0.15, 0.2) is 0 Å². The summed E-state index contributed by atoms with van der Waals surface area (Å²) in [6, 6.07) is 4.67. The molecule has 1 aromatic rings. The molecule has 2 N–H and O–H groups in total. The van der Waals surface area contributed by atoms with Crippen LogP contribution in [0.3, 0.4) is 0 Å². The highest BCUT2D eigenvalue weighted by atomic mass is 35.5. The summed E-state index contributed by atoms with van der Waals surface area (Å²) >= 11 is 6.01. The second-order valence-corrected chi connectivity index (χ2v) is 5.60. The molecule has 0 aliphatic heterocycles. The predicted octanol–water partition coefficient (Wildman–Crippen LogP) is 3.74. The molecule has 3 nitrogen and oxygen atoms in total. The summed E-state index contributed by atoms with van der Waals surface area (Å²) in [5.74, 6) is 0.422. The van der Waals surface area contributed by atoms with Gasteiger partial charge in [0.05, 0.1) is 10.6 Å². The number of nitrogens with one attached hydrogen (secondary N) is 1. The molecule has 1 aromatic carbocycles. The minimum absolute atomic E-state index is 0.0604. The van der Waals surface area contributed by atoms with Crippen LogP contribution in [0, 0.1) is 5.92 Å². The Bertz CT molecular complexity index is 461. The Morgan fingerprint density at radius 2 is 2.16 bits per heavy atom. The average molecular weight is 282 g/mol. The number of halogens is 1. The Labute approximate surface area is 119 Å². The van der Waals surface area contributed by atoms with Gasteiger partial charge in [-0.25, -0.2) is 0 Å². The van der Waals surface area contributed by atoms with E-state index in [2.05, 4.69) is 12.2 Å². The normalized spacial score (nSPS) is 23.1. The molecule has 0 aromatic heterocycles. The van der Waals surface area contributed by atoms with Gasteiger partial charge < -0.3 is 10.4 Å². The van der Waals surface area contributed by atoms with Crippen molar-refractivity contribution in [3.63, 3.8) is 0 Å². The predicted molar refractivity (Wildman–Crippen MR) is 76.6 cm³/mol. The molecule has 4 heteroatoms. The molecular weight excluding hydrogens is 262 g/mol. The molecule has 1 saturated carbocycles. The van der Waals surface area contributed by atoms with Crippen molar-refractivity contribution in [1.82, 2.24) is 5.32 Å². The van der Waals surface area contributed by atoms with E-state index in [1.165, 1.54) is 25.0 Å². The Hall–Kier alpha value is -1.22. The maximum atomic E-state index is 12.2. The molecule has 1 amide bonds. The first-order chi connectivity index (χ1) is 9.11. The van der Waals surface area contributed by atoms with E-state index >= 15 is 0 Å². The first kappa shape index (κ1) is 14.2. The Balaban J connectivity index is 2.09. The Kier molecular flexibility index (Phi) is 4.70. The molecule has 2 rings (SSSR count). The van der Waals surface area contributed by atoms with Gasteiger partial charge in [-0.2, -0.15) is 0 Å². The van der Waals surface area contributed by atoms with E-state index < -0.39 is 0 Å². The average Bonchev–Trinajstić information content (AvgIpc) is 2.42. The van der Waals surface area contributed by atoms with Gasteiger partial charge in [-0.15, -0.1) is 0 Å². The van der Waals surface area contributed by atoms with Crippen LogP contribution in [0.25, 0.3) is 0 Å². The third kappa shape index (κ3) is 3.41. The first-order valence-electron chi connectivity index (χ1n) is 6.91. The summed E-state index contributed by atoms with van der Waals surface area (Å²) in [6.45, 7) is 2.16. The Morgan fingerprint density at radius 3 is 2.89 bits per heavy atom. The van der Waals surface area contributed by atoms with Crippen LogP contribution >= 0.6 is 11.6 Å². The van der Waals surface area contributed by atoms with Crippen LogP contribution in [0.15, 0.2) is 18.2 Å². The van der Waals surface area contributed by atoms with Gasteiger partial charge >= 0.3 is 0 Å². The summed E-state index contributed by atoms with van der Waals surface area (Å²) in [5.41, 5.74) is 0.349. The van der Waals surface area contributed by atoms with E-state index in [1.54, 1.807) is 6.07 Å². The lowest BCUT2D eigenvalue weighted by molar-refractivity contribution is 0.0904. The molecule has 2 unspecified atom stereocenters. The largest absolute Gasteiger partial charge is 0.508 e. The number of amides is 1. The van der Waals surface area contributed by atoms with Gasteiger partial charge in [0.2, 0.25) is 0 Å². The number of benzene rings is 1. The fourth-order valence-electron chi connectivity index (χ4n) is 2.82. The van der Waals surface area contributed by atoms with Crippen LogP contribution in [0.5, 0.6) is 5.75 Å². The van der Waals surface area contributed by atoms with Crippen LogP contribution in [0.1, 0.15) is 49.4 Å². The molecule has 2 atom stereocenters. The highest BCUT2D eigenvalue weighted by Gasteiger charge is 2.26. The summed E-state index contributed by atoms with van der Waals surface area (Å²) in [5, 5.41) is 12.9. The lowest BCUT2D eigenvalue weighted by atomic mass is 9.83. The number of rotatable bonds is 3. The van der Waals surface area contributed by atoms with Crippen molar-refractivity contribution in [2.45, 2.75) is 45.1 Å². The molecule has 0 bridgehead atoms. The summed E-state index contributed by atoms with van der Waals surface area (Å²) in [4.78, 5) is 12.2. The Morgan fingerprint density at radius 1 is 1.42 bits per heavy atom. The fraction of sp³-hybridized carbons (Fsp3) is 0.533.